The molecule has 0 fully saturated rings. The fourth-order valence-electron chi connectivity index (χ4n) is 1.80. The van der Waals surface area contributed by atoms with Crippen LogP contribution < -0.4 is 0 Å². The number of pyridine rings is 1. The zero-order valence-electron chi connectivity index (χ0n) is 9.71. The molecule has 0 aliphatic carbocycles. The number of benzene rings is 1. The molecule has 0 bridgehead atoms. The molecule has 0 amide bonds. The molecule has 0 radical (unpaired) electrons. The maximum atomic E-state index is 13.2. The summed E-state index contributed by atoms with van der Waals surface area (Å²) in [5.74, 6) is 0. The smallest absolute Gasteiger partial charge is 0.235 e. The molecule has 19 heavy (non-hydrogen) atoms. The van der Waals surface area contributed by atoms with Crippen molar-refractivity contribution in [1.82, 2.24) is 4.98 Å². The number of aromatic nitrogens is 1. The summed E-state index contributed by atoms with van der Waals surface area (Å²) in [5, 5.41) is 0.00162. The van der Waals surface area contributed by atoms with E-state index in [0.717, 1.165) is 12.1 Å². The second-order valence-electron chi connectivity index (χ2n) is 3.83. The third-order valence-corrected chi connectivity index (χ3v) is 2.76. The number of alkyl halides is 3. The average molecular weight is 284 g/mol. The molecule has 5 heteroatoms. The van der Waals surface area contributed by atoms with E-state index < -0.39 is 11.7 Å². The van der Waals surface area contributed by atoms with Crippen LogP contribution in [0.25, 0.3) is 17.3 Å². The van der Waals surface area contributed by atoms with E-state index in [1.807, 2.05) is 0 Å². The standard InChI is InChI=1S/C14H9ClF3N/c1-2-9-8-11(15)19-13(12(9)14(16,17)18)10-6-4-3-5-7-10/h2-8H,1H2. The zero-order valence-corrected chi connectivity index (χ0v) is 10.5. The normalized spacial score (nSPS) is 11.4. The Labute approximate surface area is 113 Å². The van der Waals surface area contributed by atoms with Crippen LogP contribution in [0.4, 0.5) is 13.2 Å². The lowest BCUT2D eigenvalue weighted by Gasteiger charge is -2.15. The number of nitrogens with zero attached hydrogens (tertiary/aromatic N) is 1. The van der Waals surface area contributed by atoms with E-state index in [1.165, 1.54) is 0 Å². The molecule has 0 saturated carbocycles. The van der Waals surface area contributed by atoms with Gasteiger partial charge in [-0.15, -0.1) is 0 Å². The lowest BCUT2D eigenvalue weighted by atomic mass is 10.0. The van der Waals surface area contributed by atoms with Gasteiger partial charge in [0.1, 0.15) is 5.15 Å². The van der Waals surface area contributed by atoms with E-state index >= 15 is 0 Å². The van der Waals surface area contributed by atoms with Crippen molar-refractivity contribution in [3.05, 3.63) is 59.3 Å². The molecule has 0 saturated heterocycles. The van der Waals surface area contributed by atoms with Crippen LogP contribution in [0.2, 0.25) is 5.15 Å². The second kappa shape index (κ2) is 5.05. The first-order valence-electron chi connectivity index (χ1n) is 5.39. The topological polar surface area (TPSA) is 12.9 Å². The van der Waals surface area contributed by atoms with Gasteiger partial charge >= 0.3 is 6.18 Å². The van der Waals surface area contributed by atoms with Gasteiger partial charge in [0.2, 0.25) is 0 Å². The fraction of sp³-hybridized carbons (Fsp3) is 0.0714. The van der Waals surface area contributed by atoms with Gasteiger partial charge in [-0.25, -0.2) is 4.98 Å². The van der Waals surface area contributed by atoms with Crippen molar-refractivity contribution in [2.24, 2.45) is 0 Å². The Morgan fingerprint density at radius 3 is 2.32 bits per heavy atom. The van der Waals surface area contributed by atoms with E-state index in [0.29, 0.717) is 5.56 Å². The van der Waals surface area contributed by atoms with Crippen LogP contribution in [-0.4, -0.2) is 4.98 Å². The van der Waals surface area contributed by atoms with Gasteiger partial charge < -0.3 is 0 Å². The molecular formula is C14H9ClF3N. The number of halogens is 4. The van der Waals surface area contributed by atoms with Gasteiger partial charge in [-0.2, -0.15) is 13.2 Å². The van der Waals surface area contributed by atoms with Crippen LogP contribution in [0, 0.1) is 0 Å². The van der Waals surface area contributed by atoms with E-state index in [2.05, 4.69) is 11.6 Å². The van der Waals surface area contributed by atoms with E-state index in [1.54, 1.807) is 30.3 Å². The summed E-state index contributed by atoms with van der Waals surface area (Å²) in [5.41, 5.74) is -0.722. The van der Waals surface area contributed by atoms with Crippen molar-refractivity contribution >= 4 is 17.7 Å². The van der Waals surface area contributed by atoms with Gasteiger partial charge in [0, 0.05) is 5.56 Å². The van der Waals surface area contributed by atoms with Crippen molar-refractivity contribution in [2.75, 3.05) is 0 Å². The molecule has 1 nitrogen and oxygen atoms in total. The van der Waals surface area contributed by atoms with Gasteiger partial charge in [0.05, 0.1) is 11.3 Å². The predicted molar refractivity (Wildman–Crippen MR) is 69.8 cm³/mol. The monoisotopic (exact) mass is 283 g/mol. The molecule has 1 aromatic carbocycles. The number of hydrogen-bond donors (Lipinski definition) is 0. The molecule has 0 spiro atoms. The summed E-state index contributed by atoms with van der Waals surface area (Å²) < 4.78 is 39.5. The van der Waals surface area contributed by atoms with Gasteiger partial charge in [-0.3, -0.25) is 0 Å². The highest BCUT2D eigenvalue weighted by Crippen LogP contribution is 2.39. The fourth-order valence-corrected chi connectivity index (χ4v) is 2.00. The van der Waals surface area contributed by atoms with Crippen LogP contribution >= 0.6 is 11.6 Å². The molecule has 0 atom stereocenters. The first kappa shape index (κ1) is 13.6. The Kier molecular flexibility index (Phi) is 3.62. The SMILES string of the molecule is C=Cc1cc(Cl)nc(-c2ccccc2)c1C(F)(F)F. The Morgan fingerprint density at radius 2 is 1.79 bits per heavy atom. The summed E-state index contributed by atoms with van der Waals surface area (Å²) in [6.07, 6.45) is -3.39. The van der Waals surface area contributed by atoms with Crippen LogP contribution in [-0.2, 0) is 6.18 Å². The highest BCUT2D eigenvalue weighted by Gasteiger charge is 2.37. The van der Waals surface area contributed by atoms with Crippen LogP contribution in [0.5, 0.6) is 0 Å². The van der Waals surface area contributed by atoms with E-state index in [-0.39, 0.29) is 16.4 Å². The Balaban J connectivity index is 2.79. The molecule has 98 valence electrons. The van der Waals surface area contributed by atoms with Gasteiger partial charge in [-0.05, 0) is 11.6 Å². The Hall–Kier alpha value is -1.81. The second-order valence-corrected chi connectivity index (χ2v) is 4.21. The molecule has 1 heterocycles. The predicted octanol–water partition coefficient (Wildman–Crippen LogP) is 5.06. The maximum Gasteiger partial charge on any atom is 0.419 e. The van der Waals surface area contributed by atoms with Crippen molar-refractivity contribution < 1.29 is 13.2 Å². The van der Waals surface area contributed by atoms with Crippen LogP contribution in [0.1, 0.15) is 11.1 Å². The molecule has 0 aliphatic rings. The first-order chi connectivity index (χ1) is 8.93. The highest BCUT2D eigenvalue weighted by atomic mass is 35.5. The minimum absolute atomic E-state index is 0.00162. The number of hydrogen-bond acceptors (Lipinski definition) is 1. The third-order valence-electron chi connectivity index (χ3n) is 2.57. The summed E-state index contributed by atoms with van der Waals surface area (Å²) in [6, 6.07) is 9.28. The van der Waals surface area contributed by atoms with E-state index in [9.17, 15) is 13.2 Å². The quantitative estimate of drug-likeness (QED) is 0.702. The van der Waals surface area contributed by atoms with Crippen molar-refractivity contribution in [3.8, 4) is 11.3 Å². The van der Waals surface area contributed by atoms with Gasteiger partial charge in [0.15, 0.2) is 0 Å². The molecule has 0 N–H and O–H groups in total. The van der Waals surface area contributed by atoms with Gasteiger partial charge in [0.25, 0.3) is 0 Å². The van der Waals surface area contributed by atoms with E-state index in [4.69, 9.17) is 11.6 Å². The van der Waals surface area contributed by atoms with Crippen LogP contribution in [0.3, 0.4) is 0 Å². The molecule has 1 aromatic heterocycles. The number of rotatable bonds is 2. The van der Waals surface area contributed by atoms with Crippen molar-refractivity contribution in [1.29, 1.82) is 0 Å². The average Bonchev–Trinajstić information content (AvgIpc) is 2.37. The lowest BCUT2D eigenvalue weighted by molar-refractivity contribution is -0.137. The Bertz CT molecular complexity index is 606. The Morgan fingerprint density at radius 1 is 1.16 bits per heavy atom. The maximum absolute atomic E-state index is 13.2. The molecule has 2 rings (SSSR count). The zero-order chi connectivity index (χ0) is 14.0. The lowest BCUT2D eigenvalue weighted by Crippen LogP contribution is -2.11. The van der Waals surface area contributed by atoms with Gasteiger partial charge in [-0.1, -0.05) is 54.6 Å². The summed E-state index contributed by atoms with van der Waals surface area (Å²) in [6.45, 7) is 3.39. The van der Waals surface area contributed by atoms with Crippen LogP contribution in [0.15, 0.2) is 43.0 Å². The van der Waals surface area contributed by atoms with Crippen molar-refractivity contribution in [3.63, 3.8) is 0 Å². The summed E-state index contributed by atoms with van der Waals surface area (Å²) in [7, 11) is 0. The molecule has 0 unspecified atom stereocenters. The highest BCUT2D eigenvalue weighted by molar-refractivity contribution is 6.29. The largest absolute Gasteiger partial charge is 0.419 e. The minimum Gasteiger partial charge on any atom is -0.235 e. The third kappa shape index (κ3) is 2.79. The summed E-state index contributed by atoms with van der Waals surface area (Å²) in [4.78, 5) is 3.82. The minimum atomic E-state index is -4.52. The summed E-state index contributed by atoms with van der Waals surface area (Å²) >= 11 is 5.77. The van der Waals surface area contributed by atoms with Crippen molar-refractivity contribution in [2.45, 2.75) is 6.18 Å². The molecule has 2 aromatic rings. The molecule has 0 aliphatic heterocycles. The molecular weight excluding hydrogens is 275 g/mol. The first-order valence-corrected chi connectivity index (χ1v) is 5.77.